The van der Waals surface area contributed by atoms with Crippen LogP contribution in [0.15, 0.2) is 48.5 Å². The quantitative estimate of drug-likeness (QED) is 0.838. The van der Waals surface area contributed by atoms with E-state index in [1.165, 1.54) is 23.2 Å². The number of nitrogens with one attached hydrogen (secondary N) is 2. The number of anilines is 2. The van der Waals surface area contributed by atoms with Gasteiger partial charge in [-0.05, 0) is 61.5 Å². The van der Waals surface area contributed by atoms with Gasteiger partial charge in [0.2, 0.25) is 5.91 Å². The second kappa shape index (κ2) is 7.92. The number of benzene rings is 2. The number of nitrogens with zero attached hydrogens (tertiary/aromatic N) is 1. The van der Waals surface area contributed by atoms with Gasteiger partial charge in [0, 0.05) is 30.9 Å². The van der Waals surface area contributed by atoms with Crippen LogP contribution in [0.2, 0.25) is 0 Å². The lowest BCUT2D eigenvalue weighted by molar-refractivity contribution is -0.116. The maximum atomic E-state index is 12.4. The summed E-state index contributed by atoms with van der Waals surface area (Å²) >= 11 is 0. The molecule has 1 fully saturated rings. The lowest BCUT2D eigenvalue weighted by Gasteiger charge is -2.21. The first-order valence-electron chi connectivity index (χ1n) is 9.71. The fourth-order valence-corrected chi connectivity index (χ4v) is 4.07. The Morgan fingerprint density at radius 2 is 2.00 bits per heavy atom. The highest BCUT2D eigenvalue weighted by atomic mass is 16.1. The van der Waals surface area contributed by atoms with Gasteiger partial charge in [-0.1, -0.05) is 36.4 Å². The molecule has 2 heterocycles. The van der Waals surface area contributed by atoms with E-state index in [1.54, 1.807) is 0 Å². The summed E-state index contributed by atoms with van der Waals surface area (Å²) in [4.78, 5) is 14.8. The summed E-state index contributed by atoms with van der Waals surface area (Å²) in [5, 5.41) is 6.51. The Labute approximate surface area is 155 Å². The standard InChI is InChI=1S/C22H27N3O/c26-22(10-9-17-11-13-23-15-17)24-20-7-3-1-6-19(20)16-25-14-12-18-5-2-4-8-21(18)25/h1-8,17,23H,9-16H2,(H,24,26). The molecular formula is C22H27N3O. The van der Waals surface area contributed by atoms with E-state index in [4.69, 9.17) is 0 Å². The number of rotatable bonds is 6. The Kier molecular flexibility index (Phi) is 5.21. The Hall–Kier alpha value is -2.33. The van der Waals surface area contributed by atoms with Crippen LogP contribution in [0.5, 0.6) is 0 Å². The fourth-order valence-electron chi connectivity index (χ4n) is 4.07. The van der Waals surface area contributed by atoms with Gasteiger partial charge in [0.05, 0.1) is 0 Å². The van der Waals surface area contributed by atoms with E-state index in [1.807, 2.05) is 12.1 Å². The third kappa shape index (κ3) is 3.91. The molecule has 2 aliphatic heterocycles. The SMILES string of the molecule is O=C(CCC1CCNC1)Nc1ccccc1CN1CCc2ccccc21. The molecule has 0 aromatic heterocycles. The molecule has 1 unspecified atom stereocenters. The third-order valence-corrected chi connectivity index (χ3v) is 5.58. The van der Waals surface area contributed by atoms with Crippen molar-refractivity contribution in [1.82, 2.24) is 5.32 Å². The maximum Gasteiger partial charge on any atom is 0.224 e. The van der Waals surface area contributed by atoms with Gasteiger partial charge in [-0.15, -0.1) is 0 Å². The minimum absolute atomic E-state index is 0.131. The van der Waals surface area contributed by atoms with Crippen LogP contribution in [0.25, 0.3) is 0 Å². The summed E-state index contributed by atoms with van der Waals surface area (Å²) in [5.41, 5.74) is 4.87. The minimum atomic E-state index is 0.131. The third-order valence-electron chi connectivity index (χ3n) is 5.58. The molecule has 4 heteroatoms. The molecule has 2 N–H and O–H groups in total. The number of hydrogen-bond donors (Lipinski definition) is 2. The Morgan fingerprint density at radius 1 is 1.15 bits per heavy atom. The summed E-state index contributed by atoms with van der Waals surface area (Å²) in [5.74, 6) is 0.781. The first-order chi connectivity index (χ1) is 12.8. The lowest BCUT2D eigenvalue weighted by atomic mass is 10.0. The molecule has 2 aromatic carbocycles. The molecule has 1 atom stereocenters. The van der Waals surface area contributed by atoms with E-state index in [0.29, 0.717) is 12.3 Å². The van der Waals surface area contributed by atoms with Crippen LogP contribution in [0, 0.1) is 5.92 Å². The second-order valence-corrected chi connectivity index (χ2v) is 7.40. The number of amides is 1. The van der Waals surface area contributed by atoms with Gasteiger partial charge in [0.1, 0.15) is 0 Å². The number of carbonyl (C=O) groups is 1. The molecule has 0 aliphatic carbocycles. The van der Waals surface area contributed by atoms with Gasteiger partial charge < -0.3 is 15.5 Å². The highest BCUT2D eigenvalue weighted by molar-refractivity contribution is 5.91. The Balaban J connectivity index is 1.39. The predicted molar refractivity (Wildman–Crippen MR) is 106 cm³/mol. The van der Waals surface area contributed by atoms with E-state index < -0.39 is 0 Å². The van der Waals surface area contributed by atoms with Crippen LogP contribution >= 0.6 is 0 Å². The normalized spacial score (nSPS) is 18.8. The molecule has 2 aromatic rings. The number of hydrogen-bond acceptors (Lipinski definition) is 3. The molecule has 26 heavy (non-hydrogen) atoms. The summed E-state index contributed by atoms with van der Waals surface area (Å²) in [6.07, 6.45) is 3.87. The molecule has 4 nitrogen and oxygen atoms in total. The highest BCUT2D eigenvalue weighted by Gasteiger charge is 2.20. The van der Waals surface area contributed by atoms with Crippen molar-refractivity contribution < 1.29 is 4.79 Å². The van der Waals surface area contributed by atoms with E-state index in [-0.39, 0.29) is 5.91 Å². The van der Waals surface area contributed by atoms with Crippen molar-refractivity contribution in [1.29, 1.82) is 0 Å². The predicted octanol–water partition coefficient (Wildman–Crippen LogP) is 3.58. The van der Waals surface area contributed by atoms with Gasteiger partial charge in [-0.3, -0.25) is 4.79 Å². The van der Waals surface area contributed by atoms with Gasteiger partial charge in [-0.2, -0.15) is 0 Å². The Bertz CT molecular complexity index is 767. The van der Waals surface area contributed by atoms with Crippen molar-refractivity contribution in [3.8, 4) is 0 Å². The molecule has 0 saturated carbocycles. The van der Waals surface area contributed by atoms with Gasteiger partial charge in [0.25, 0.3) is 0 Å². The number of carbonyl (C=O) groups excluding carboxylic acids is 1. The minimum Gasteiger partial charge on any atom is -0.367 e. The number of para-hydroxylation sites is 2. The van der Waals surface area contributed by atoms with Crippen LogP contribution in [-0.4, -0.2) is 25.5 Å². The average Bonchev–Trinajstić information content (AvgIpc) is 3.32. The molecular weight excluding hydrogens is 322 g/mol. The first kappa shape index (κ1) is 17.1. The fraction of sp³-hybridized carbons (Fsp3) is 0.409. The monoisotopic (exact) mass is 349 g/mol. The largest absolute Gasteiger partial charge is 0.367 e. The molecule has 0 bridgehead atoms. The first-order valence-corrected chi connectivity index (χ1v) is 9.71. The van der Waals surface area contributed by atoms with Crippen LogP contribution in [0.3, 0.4) is 0 Å². The highest BCUT2D eigenvalue weighted by Crippen LogP contribution is 2.30. The zero-order valence-corrected chi connectivity index (χ0v) is 15.2. The van der Waals surface area contributed by atoms with Crippen molar-refractivity contribution in [2.75, 3.05) is 29.9 Å². The maximum absolute atomic E-state index is 12.4. The van der Waals surface area contributed by atoms with Crippen molar-refractivity contribution in [3.63, 3.8) is 0 Å². The smallest absolute Gasteiger partial charge is 0.224 e. The topological polar surface area (TPSA) is 44.4 Å². The molecule has 4 rings (SSSR count). The zero-order chi connectivity index (χ0) is 17.8. The second-order valence-electron chi connectivity index (χ2n) is 7.40. The summed E-state index contributed by atoms with van der Waals surface area (Å²) in [7, 11) is 0. The zero-order valence-electron chi connectivity index (χ0n) is 15.2. The summed E-state index contributed by atoms with van der Waals surface area (Å²) in [6, 6.07) is 16.8. The van der Waals surface area contributed by atoms with Crippen molar-refractivity contribution in [2.24, 2.45) is 5.92 Å². The molecule has 1 saturated heterocycles. The average molecular weight is 349 g/mol. The summed E-state index contributed by atoms with van der Waals surface area (Å²) < 4.78 is 0. The molecule has 0 radical (unpaired) electrons. The Morgan fingerprint density at radius 3 is 2.88 bits per heavy atom. The number of fused-ring (bicyclic) bond motifs is 1. The molecule has 0 spiro atoms. The van der Waals surface area contributed by atoms with E-state index >= 15 is 0 Å². The summed E-state index contributed by atoms with van der Waals surface area (Å²) in [6.45, 7) is 4.01. The van der Waals surface area contributed by atoms with Gasteiger partial charge >= 0.3 is 0 Å². The van der Waals surface area contributed by atoms with Crippen LogP contribution < -0.4 is 15.5 Å². The van der Waals surface area contributed by atoms with Crippen LogP contribution in [-0.2, 0) is 17.8 Å². The van der Waals surface area contributed by atoms with Gasteiger partial charge in [-0.25, -0.2) is 0 Å². The molecule has 1 amide bonds. The molecule has 2 aliphatic rings. The van der Waals surface area contributed by atoms with E-state index in [2.05, 4.69) is 51.9 Å². The van der Waals surface area contributed by atoms with Crippen molar-refractivity contribution in [2.45, 2.75) is 32.2 Å². The van der Waals surface area contributed by atoms with Crippen molar-refractivity contribution >= 4 is 17.3 Å². The lowest BCUT2D eigenvalue weighted by Crippen LogP contribution is -2.21. The molecule has 136 valence electrons. The van der Waals surface area contributed by atoms with E-state index in [9.17, 15) is 4.79 Å². The van der Waals surface area contributed by atoms with Gasteiger partial charge in [0.15, 0.2) is 0 Å². The van der Waals surface area contributed by atoms with Crippen LogP contribution in [0.4, 0.5) is 11.4 Å². The van der Waals surface area contributed by atoms with E-state index in [0.717, 1.165) is 44.7 Å². The van der Waals surface area contributed by atoms with Crippen LogP contribution in [0.1, 0.15) is 30.4 Å². The van der Waals surface area contributed by atoms with Crippen molar-refractivity contribution in [3.05, 3.63) is 59.7 Å².